The first-order valence-electron chi connectivity index (χ1n) is 8.72. The van der Waals surface area contributed by atoms with E-state index in [0.29, 0.717) is 31.0 Å². The number of carbonyl (C=O) groups excluding carboxylic acids is 2. The minimum atomic E-state index is -0.576. The molecule has 1 aliphatic heterocycles. The number of ketones is 1. The minimum Gasteiger partial charge on any atom is -0.339 e. The van der Waals surface area contributed by atoms with Gasteiger partial charge in [0.25, 0.3) is 5.91 Å². The molecular formula is C21H21ClFNO2. The van der Waals surface area contributed by atoms with E-state index in [1.807, 2.05) is 32.0 Å². The van der Waals surface area contributed by atoms with Gasteiger partial charge < -0.3 is 4.90 Å². The fourth-order valence-corrected chi connectivity index (χ4v) is 3.66. The first-order valence-corrected chi connectivity index (χ1v) is 9.10. The molecule has 0 unspecified atom stereocenters. The van der Waals surface area contributed by atoms with E-state index in [-0.39, 0.29) is 23.2 Å². The zero-order valence-electron chi connectivity index (χ0n) is 14.9. The topological polar surface area (TPSA) is 37.4 Å². The number of aryl methyl sites for hydroxylation is 2. The Kier molecular flexibility index (Phi) is 5.42. The number of benzene rings is 2. The van der Waals surface area contributed by atoms with Crippen molar-refractivity contribution in [1.29, 1.82) is 0 Å². The van der Waals surface area contributed by atoms with Crippen LogP contribution >= 0.6 is 11.6 Å². The molecule has 0 N–H and O–H groups in total. The van der Waals surface area contributed by atoms with Crippen molar-refractivity contribution in [3.8, 4) is 0 Å². The molecular weight excluding hydrogens is 353 g/mol. The van der Waals surface area contributed by atoms with Gasteiger partial charge in [-0.15, -0.1) is 0 Å². The monoisotopic (exact) mass is 373 g/mol. The molecule has 0 spiro atoms. The molecule has 0 saturated carbocycles. The van der Waals surface area contributed by atoms with Crippen molar-refractivity contribution in [2.75, 3.05) is 13.1 Å². The van der Waals surface area contributed by atoms with Crippen LogP contribution in [0.5, 0.6) is 0 Å². The molecule has 0 aromatic heterocycles. The van der Waals surface area contributed by atoms with Crippen LogP contribution in [0.1, 0.15) is 44.7 Å². The number of hydrogen-bond acceptors (Lipinski definition) is 2. The van der Waals surface area contributed by atoms with Gasteiger partial charge in [-0.1, -0.05) is 35.4 Å². The summed E-state index contributed by atoms with van der Waals surface area (Å²) in [4.78, 5) is 26.9. The number of rotatable bonds is 3. The lowest BCUT2D eigenvalue weighted by molar-refractivity contribution is 0.0646. The highest BCUT2D eigenvalue weighted by Crippen LogP contribution is 2.26. The van der Waals surface area contributed by atoms with E-state index >= 15 is 0 Å². The van der Waals surface area contributed by atoms with Gasteiger partial charge in [0.15, 0.2) is 5.78 Å². The number of hydrogen-bond donors (Lipinski definition) is 0. The Labute approximate surface area is 157 Å². The van der Waals surface area contributed by atoms with E-state index in [1.54, 1.807) is 4.90 Å². The highest BCUT2D eigenvalue weighted by molar-refractivity contribution is 6.31. The van der Waals surface area contributed by atoms with E-state index in [1.165, 1.54) is 18.2 Å². The standard InChI is InChI=1S/C21H21ClFNO2/c1-13-3-5-17(14(2)11-13)20(25)15-7-9-24(10-8-15)21(26)18-12-16(22)4-6-19(18)23/h3-6,11-12,15H,7-10H2,1-2H3. The molecule has 3 nitrogen and oxygen atoms in total. The zero-order valence-corrected chi connectivity index (χ0v) is 15.6. The van der Waals surface area contributed by atoms with Crippen molar-refractivity contribution in [2.24, 2.45) is 5.92 Å². The molecule has 0 radical (unpaired) electrons. The highest BCUT2D eigenvalue weighted by atomic mass is 35.5. The molecule has 1 fully saturated rings. The van der Waals surface area contributed by atoms with E-state index in [4.69, 9.17) is 11.6 Å². The minimum absolute atomic E-state index is 0.0170. The number of nitrogens with zero attached hydrogens (tertiary/aromatic N) is 1. The third-order valence-corrected chi connectivity index (χ3v) is 5.19. The lowest BCUT2D eigenvalue weighted by Gasteiger charge is -2.31. The zero-order chi connectivity index (χ0) is 18.8. The van der Waals surface area contributed by atoms with Gasteiger partial charge in [-0.3, -0.25) is 9.59 Å². The molecule has 5 heteroatoms. The van der Waals surface area contributed by atoms with Crippen molar-refractivity contribution < 1.29 is 14.0 Å². The van der Waals surface area contributed by atoms with Crippen LogP contribution in [0.3, 0.4) is 0 Å². The summed E-state index contributed by atoms with van der Waals surface area (Å²) in [5.41, 5.74) is 2.84. The normalized spacial score (nSPS) is 15.2. The third kappa shape index (κ3) is 3.80. The first-order chi connectivity index (χ1) is 12.4. The highest BCUT2D eigenvalue weighted by Gasteiger charge is 2.29. The van der Waals surface area contributed by atoms with E-state index in [0.717, 1.165) is 16.7 Å². The summed E-state index contributed by atoms with van der Waals surface area (Å²) in [6.45, 7) is 4.82. The molecule has 136 valence electrons. The summed E-state index contributed by atoms with van der Waals surface area (Å²) >= 11 is 5.88. The van der Waals surface area contributed by atoms with Crippen molar-refractivity contribution in [3.63, 3.8) is 0 Å². The molecule has 1 amide bonds. The van der Waals surface area contributed by atoms with Crippen LogP contribution in [0.15, 0.2) is 36.4 Å². The van der Waals surface area contributed by atoms with E-state index < -0.39 is 5.82 Å². The van der Waals surface area contributed by atoms with Crippen molar-refractivity contribution in [1.82, 2.24) is 4.90 Å². The molecule has 1 saturated heterocycles. The third-order valence-electron chi connectivity index (χ3n) is 4.96. The summed E-state index contributed by atoms with van der Waals surface area (Å²) < 4.78 is 13.9. The van der Waals surface area contributed by atoms with Gasteiger partial charge in [0.05, 0.1) is 5.56 Å². The van der Waals surface area contributed by atoms with Gasteiger partial charge in [0.1, 0.15) is 5.82 Å². The van der Waals surface area contributed by atoms with Gasteiger partial charge in [0, 0.05) is 29.6 Å². The molecule has 2 aromatic carbocycles. The summed E-state index contributed by atoms with van der Waals surface area (Å²) in [6.07, 6.45) is 1.17. The Hall–Kier alpha value is -2.20. The second-order valence-corrected chi connectivity index (χ2v) is 7.31. The second kappa shape index (κ2) is 7.58. The number of likely N-dealkylation sites (tertiary alicyclic amines) is 1. The van der Waals surface area contributed by atoms with Gasteiger partial charge in [0.2, 0.25) is 0 Å². The van der Waals surface area contributed by atoms with Crippen molar-refractivity contribution in [3.05, 3.63) is 69.5 Å². The van der Waals surface area contributed by atoms with Gasteiger partial charge in [-0.2, -0.15) is 0 Å². The Morgan fingerprint density at radius 1 is 1.04 bits per heavy atom. The molecule has 0 atom stereocenters. The molecule has 1 aliphatic rings. The summed E-state index contributed by atoms with van der Waals surface area (Å²) in [5, 5.41) is 0.328. The number of carbonyl (C=O) groups is 2. The predicted molar refractivity (Wildman–Crippen MR) is 100 cm³/mol. The maximum absolute atomic E-state index is 13.9. The molecule has 2 aromatic rings. The van der Waals surface area contributed by atoms with Crippen LogP contribution in [-0.2, 0) is 0 Å². The van der Waals surface area contributed by atoms with Crippen LogP contribution in [-0.4, -0.2) is 29.7 Å². The van der Waals surface area contributed by atoms with Crippen molar-refractivity contribution in [2.45, 2.75) is 26.7 Å². The van der Waals surface area contributed by atoms with Gasteiger partial charge in [-0.05, 0) is 50.5 Å². The summed E-state index contributed by atoms with van der Waals surface area (Å²) in [5.74, 6) is -0.927. The summed E-state index contributed by atoms with van der Waals surface area (Å²) in [6, 6.07) is 9.81. The Bertz CT molecular complexity index is 857. The average molecular weight is 374 g/mol. The van der Waals surface area contributed by atoms with E-state index in [2.05, 4.69) is 0 Å². The second-order valence-electron chi connectivity index (χ2n) is 6.87. The number of piperidine rings is 1. The fourth-order valence-electron chi connectivity index (χ4n) is 3.49. The predicted octanol–water partition coefficient (Wildman–Crippen LogP) is 4.83. The van der Waals surface area contributed by atoms with Crippen LogP contribution in [0.25, 0.3) is 0 Å². The fraction of sp³-hybridized carbons (Fsp3) is 0.333. The Morgan fingerprint density at radius 2 is 1.73 bits per heavy atom. The largest absolute Gasteiger partial charge is 0.339 e. The van der Waals surface area contributed by atoms with Crippen LogP contribution in [0.4, 0.5) is 4.39 Å². The number of amides is 1. The average Bonchev–Trinajstić information content (AvgIpc) is 2.63. The van der Waals surface area contributed by atoms with Gasteiger partial charge in [-0.25, -0.2) is 4.39 Å². The maximum Gasteiger partial charge on any atom is 0.256 e. The summed E-state index contributed by atoms with van der Waals surface area (Å²) in [7, 11) is 0. The molecule has 0 aliphatic carbocycles. The van der Waals surface area contributed by atoms with Gasteiger partial charge >= 0.3 is 0 Å². The number of Topliss-reactive ketones (excluding diaryl/α,β-unsaturated/α-hetero) is 1. The molecule has 3 rings (SSSR count). The lowest BCUT2D eigenvalue weighted by Crippen LogP contribution is -2.40. The lowest BCUT2D eigenvalue weighted by atomic mass is 9.87. The number of halogens is 2. The SMILES string of the molecule is Cc1ccc(C(=O)C2CCN(C(=O)c3cc(Cl)ccc3F)CC2)c(C)c1. The maximum atomic E-state index is 13.9. The molecule has 26 heavy (non-hydrogen) atoms. The Balaban J connectivity index is 1.68. The smallest absolute Gasteiger partial charge is 0.256 e. The molecule has 0 bridgehead atoms. The Morgan fingerprint density at radius 3 is 2.38 bits per heavy atom. The first kappa shape index (κ1) is 18.6. The van der Waals surface area contributed by atoms with Crippen LogP contribution in [0.2, 0.25) is 5.02 Å². The molecule has 1 heterocycles. The van der Waals surface area contributed by atoms with E-state index in [9.17, 15) is 14.0 Å². The quantitative estimate of drug-likeness (QED) is 0.722. The van der Waals surface area contributed by atoms with Crippen molar-refractivity contribution >= 4 is 23.3 Å². The van der Waals surface area contributed by atoms with Crippen LogP contribution < -0.4 is 0 Å². The van der Waals surface area contributed by atoms with Crippen LogP contribution in [0, 0.1) is 25.6 Å².